The SMILES string of the molecule is F[C-](F)F.O=C([O-])[O-].[Zn+2]. The van der Waals surface area contributed by atoms with Gasteiger partial charge in [-0.25, -0.2) is 0 Å². The Balaban J connectivity index is -0.0000000720. The zero-order valence-corrected chi connectivity index (χ0v) is 7.03. The molecule has 50 valence electrons. The molecule has 0 amide bonds. The first-order chi connectivity index (χ1) is 3.46. The largest absolute Gasteiger partial charge is 2.00 e. The first-order valence-corrected chi connectivity index (χ1v) is 1.18. The Bertz CT molecular complexity index is 61.3. The summed E-state index contributed by atoms with van der Waals surface area (Å²) in [5.41, 5.74) is 0. The fraction of sp³-hybridized carbons (Fsp3) is 0. The Hall–Kier alpha value is -0.317. The number of carboxylic acid groups (broad SMARTS) is 2. The molecule has 0 saturated carbocycles. The Kier molecular flexibility index (Phi) is 18.7. The third kappa shape index (κ3) is 2480. The smallest absolute Gasteiger partial charge is 0.652 e. The van der Waals surface area contributed by atoms with Gasteiger partial charge in [-0.3, -0.25) is 0 Å². The van der Waals surface area contributed by atoms with Gasteiger partial charge in [0.1, 0.15) is 0 Å². The molecular weight excluding hydrogens is 194 g/mol. The van der Waals surface area contributed by atoms with Crippen molar-refractivity contribution in [3.8, 4) is 0 Å². The van der Waals surface area contributed by atoms with Crippen LogP contribution in [0.2, 0.25) is 0 Å². The van der Waals surface area contributed by atoms with Crippen molar-refractivity contribution in [1.82, 2.24) is 0 Å². The predicted molar refractivity (Wildman–Crippen MR) is 12.0 cm³/mol. The van der Waals surface area contributed by atoms with Crippen molar-refractivity contribution in [1.29, 1.82) is 0 Å². The average Bonchev–Trinajstić information content (AvgIpc) is 1.25. The van der Waals surface area contributed by atoms with Crippen molar-refractivity contribution < 1.29 is 47.7 Å². The molecule has 0 N–H and O–H groups in total. The molecule has 0 heterocycles. The molecule has 0 fully saturated rings. The fourth-order valence-electron chi connectivity index (χ4n) is 0. The summed E-state index contributed by atoms with van der Waals surface area (Å²) in [7, 11) is 0. The van der Waals surface area contributed by atoms with Crippen LogP contribution in [0.1, 0.15) is 0 Å². The van der Waals surface area contributed by atoms with E-state index < -0.39 is 12.8 Å². The summed E-state index contributed by atoms with van der Waals surface area (Å²) in [6.45, 7) is -3.08. The van der Waals surface area contributed by atoms with Crippen molar-refractivity contribution in [2.75, 3.05) is 0 Å². The zero-order chi connectivity index (χ0) is 7.15. The molecule has 3 nitrogen and oxygen atoms in total. The Morgan fingerprint density at radius 3 is 1.22 bits per heavy atom. The minimum atomic E-state index is -3.08. The molecule has 0 rings (SSSR count). The van der Waals surface area contributed by atoms with E-state index >= 15 is 0 Å². The quantitative estimate of drug-likeness (QED) is 0.363. The fourth-order valence-corrected chi connectivity index (χ4v) is 0. The van der Waals surface area contributed by atoms with Gasteiger partial charge in [-0.15, -0.1) is 0 Å². The third-order valence-electron chi connectivity index (χ3n) is 0. The zero-order valence-electron chi connectivity index (χ0n) is 4.07. The van der Waals surface area contributed by atoms with Crippen molar-refractivity contribution in [2.45, 2.75) is 0 Å². The van der Waals surface area contributed by atoms with E-state index in [0.29, 0.717) is 0 Å². The van der Waals surface area contributed by atoms with Crippen molar-refractivity contribution in [3.05, 3.63) is 6.68 Å². The van der Waals surface area contributed by atoms with Gasteiger partial charge in [0.2, 0.25) is 0 Å². The first-order valence-electron chi connectivity index (χ1n) is 1.18. The van der Waals surface area contributed by atoms with Crippen LogP contribution in [-0.4, -0.2) is 6.16 Å². The van der Waals surface area contributed by atoms with Crippen LogP contribution < -0.4 is 10.2 Å². The molecule has 0 aliphatic heterocycles. The molecule has 0 aromatic rings. The Labute approximate surface area is 61.2 Å². The summed E-state index contributed by atoms with van der Waals surface area (Å²) >= 11 is 0. The molecule has 0 aromatic heterocycles. The van der Waals surface area contributed by atoms with Gasteiger partial charge in [-0.1, -0.05) is 0 Å². The normalized spacial score (nSPS) is 6.67. The van der Waals surface area contributed by atoms with Gasteiger partial charge in [0.15, 0.2) is 6.68 Å². The van der Waals surface area contributed by atoms with Crippen LogP contribution in [0.25, 0.3) is 0 Å². The van der Waals surface area contributed by atoms with Crippen LogP contribution in [0.5, 0.6) is 0 Å². The average molecular weight is 194 g/mol. The number of halogens is 3. The molecule has 0 bridgehead atoms. The number of carbonyl (C=O) groups excluding carboxylic acids is 1. The van der Waals surface area contributed by atoms with E-state index in [1.165, 1.54) is 0 Å². The summed E-state index contributed by atoms with van der Waals surface area (Å²) in [4.78, 5) is 8.33. The van der Waals surface area contributed by atoms with Crippen LogP contribution >= 0.6 is 0 Å². The van der Waals surface area contributed by atoms with Crippen LogP contribution in [0.4, 0.5) is 18.0 Å². The molecule has 0 aromatic carbocycles. The molecule has 0 spiro atoms. The topological polar surface area (TPSA) is 63.2 Å². The van der Waals surface area contributed by atoms with Gasteiger partial charge in [0.05, 0.1) is 0 Å². The van der Waals surface area contributed by atoms with Crippen LogP contribution in [0.3, 0.4) is 0 Å². The second-order valence-corrected chi connectivity index (χ2v) is 0.464. The van der Waals surface area contributed by atoms with Gasteiger partial charge in [0, 0.05) is 0 Å². The molecule has 9 heavy (non-hydrogen) atoms. The second kappa shape index (κ2) is 10.6. The second-order valence-electron chi connectivity index (χ2n) is 0.464. The standard InChI is InChI=1S/CF3.CH2O3.Zn/c2*2-1(3)4;/h;(H2,2,3,4);/q-1;;+2/p-2. The molecule has 0 atom stereocenters. The van der Waals surface area contributed by atoms with Gasteiger partial charge in [-0.05, 0) is 6.16 Å². The van der Waals surface area contributed by atoms with Gasteiger partial charge in [-0.2, -0.15) is 0 Å². The molecule has 0 aliphatic rings. The van der Waals surface area contributed by atoms with E-state index in [4.69, 9.17) is 15.0 Å². The van der Waals surface area contributed by atoms with E-state index in [2.05, 4.69) is 0 Å². The molecule has 0 aliphatic carbocycles. The van der Waals surface area contributed by atoms with Crippen molar-refractivity contribution >= 4 is 6.16 Å². The van der Waals surface area contributed by atoms with Crippen molar-refractivity contribution in [2.24, 2.45) is 0 Å². The first kappa shape index (κ1) is 15.9. The van der Waals surface area contributed by atoms with Crippen LogP contribution in [-0.2, 0) is 19.5 Å². The molecular formula is C2F3O3Zn-. The van der Waals surface area contributed by atoms with Gasteiger partial charge >= 0.3 is 19.5 Å². The monoisotopic (exact) mass is 193 g/mol. The summed E-state index contributed by atoms with van der Waals surface area (Å²) in [6, 6.07) is 0. The third-order valence-corrected chi connectivity index (χ3v) is 0. The number of hydrogen-bond donors (Lipinski definition) is 0. The number of carbonyl (C=O) groups is 1. The number of rotatable bonds is 0. The maximum Gasteiger partial charge on any atom is 2.00 e. The van der Waals surface area contributed by atoms with E-state index in [0.717, 1.165) is 0 Å². The molecule has 0 unspecified atom stereocenters. The Morgan fingerprint density at radius 1 is 1.22 bits per heavy atom. The molecule has 7 heteroatoms. The minimum Gasteiger partial charge on any atom is -0.652 e. The summed E-state index contributed by atoms with van der Waals surface area (Å²) in [5.74, 6) is 0. The van der Waals surface area contributed by atoms with Gasteiger partial charge in [0.25, 0.3) is 0 Å². The van der Waals surface area contributed by atoms with E-state index in [-0.39, 0.29) is 19.5 Å². The maximum absolute atomic E-state index is 9.58. The van der Waals surface area contributed by atoms with Crippen LogP contribution in [0, 0.1) is 6.68 Å². The number of hydrogen-bond acceptors (Lipinski definition) is 3. The summed E-state index contributed by atoms with van der Waals surface area (Å²) in [6.07, 6.45) is -2.33. The molecule has 0 radical (unpaired) electrons. The Morgan fingerprint density at radius 2 is 1.22 bits per heavy atom. The summed E-state index contributed by atoms with van der Waals surface area (Å²) < 4.78 is 28.8. The van der Waals surface area contributed by atoms with Gasteiger partial charge < -0.3 is 28.2 Å². The minimum absolute atomic E-state index is 0. The van der Waals surface area contributed by atoms with Crippen LogP contribution in [0.15, 0.2) is 0 Å². The molecule has 0 saturated heterocycles. The van der Waals surface area contributed by atoms with E-state index in [1.54, 1.807) is 0 Å². The maximum atomic E-state index is 9.58. The van der Waals surface area contributed by atoms with E-state index in [1.807, 2.05) is 0 Å². The predicted octanol–water partition coefficient (Wildman–Crippen LogP) is -1.11. The van der Waals surface area contributed by atoms with Crippen molar-refractivity contribution in [3.63, 3.8) is 0 Å². The van der Waals surface area contributed by atoms with E-state index in [9.17, 15) is 13.2 Å². The summed E-state index contributed by atoms with van der Waals surface area (Å²) in [5, 5.41) is 16.7.